The summed E-state index contributed by atoms with van der Waals surface area (Å²) in [7, 11) is 0. The van der Waals surface area contributed by atoms with Gasteiger partial charge in [-0.2, -0.15) is 0 Å². The Hall–Kier alpha value is -1.03. The van der Waals surface area contributed by atoms with Gasteiger partial charge in [-0.15, -0.1) is 11.6 Å². The van der Waals surface area contributed by atoms with E-state index < -0.39 is 0 Å². The molecule has 0 saturated carbocycles. The Balaban J connectivity index is 3.02. The first kappa shape index (κ1) is 13.0. The van der Waals surface area contributed by atoms with E-state index in [0.29, 0.717) is 18.2 Å². The molecule has 0 spiro atoms. The molecule has 0 aliphatic heterocycles. The quantitative estimate of drug-likeness (QED) is 0.806. The normalized spacial score (nSPS) is 14.5. The van der Waals surface area contributed by atoms with Crippen LogP contribution in [0.15, 0.2) is 17.2 Å². The van der Waals surface area contributed by atoms with Gasteiger partial charge in [0.15, 0.2) is 5.82 Å². The van der Waals surface area contributed by atoms with Crippen LogP contribution in [0.5, 0.6) is 0 Å². The molecule has 0 amide bonds. The van der Waals surface area contributed by atoms with Gasteiger partial charge in [0.05, 0.1) is 0 Å². The Bertz CT molecular complexity index is 398. The monoisotopic (exact) mass is 243 g/mol. The highest BCUT2D eigenvalue weighted by Gasteiger charge is 2.22. The highest BCUT2D eigenvalue weighted by atomic mass is 35.5. The van der Waals surface area contributed by atoms with Crippen molar-refractivity contribution in [1.29, 1.82) is 0 Å². The molecular weight excluding hydrogens is 226 g/mol. The molecule has 1 aromatic rings. The van der Waals surface area contributed by atoms with Crippen molar-refractivity contribution in [2.24, 2.45) is 0 Å². The number of rotatable bonds is 5. The fourth-order valence-electron chi connectivity index (χ4n) is 1.28. The van der Waals surface area contributed by atoms with Crippen LogP contribution in [0.3, 0.4) is 0 Å². The van der Waals surface area contributed by atoms with Gasteiger partial charge in [0.25, 0.3) is 5.56 Å². The van der Waals surface area contributed by atoms with Crippen LogP contribution in [0.4, 0.5) is 5.82 Å². The van der Waals surface area contributed by atoms with Gasteiger partial charge >= 0.3 is 0 Å². The molecule has 0 aliphatic rings. The van der Waals surface area contributed by atoms with Crippen LogP contribution in [0.2, 0.25) is 0 Å². The van der Waals surface area contributed by atoms with E-state index in [1.807, 2.05) is 20.8 Å². The molecule has 0 saturated heterocycles. The highest BCUT2D eigenvalue weighted by molar-refractivity contribution is 6.18. The van der Waals surface area contributed by atoms with Gasteiger partial charge in [0.1, 0.15) is 0 Å². The summed E-state index contributed by atoms with van der Waals surface area (Å²) in [5.41, 5.74) is -0.393. The molecule has 4 nitrogen and oxygen atoms in total. The third-order valence-electron chi connectivity index (χ3n) is 2.75. The number of halogens is 1. The summed E-state index contributed by atoms with van der Waals surface area (Å²) < 4.78 is 1.61. The van der Waals surface area contributed by atoms with Crippen LogP contribution in [0.25, 0.3) is 0 Å². The standard InChI is InChI=1S/C11H18ClN3O/c1-4-11(3,8-12)14-9-10(16)15(5-2)7-6-13-9/h6-7H,4-5,8H2,1-3H3,(H,13,14). The van der Waals surface area contributed by atoms with Crippen molar-refractivity contribution in [3.63, 3.8) is 0 Å². The smallest absolute Gasteiger partial charge is 0.293 e. The second-order valence-electron chi connectivity index (χ2n) is 4.04. The molecule has 5 heteroatoms. The predicted molar refractivity (Wildman–Crippen MR) is 67.2 cm³/mol. The van der Waals surface area contributed by atoms with Crippen molar-refractivity contribution < 1.29 is 0 Å². The van der Waals surface area contributed by atoms with Crippen LogP contribution in [0, 0.1) is 0 Å². The SMILES string of the molecule is CCn1ccnc(NC(C)(CC)CCl)c1=O. The van der Waals surface area contributed by atoms with Crippen LogP contribution in [-0.4, -0.2) is 21.0 Å². The zero-order chi connectivity index (χ0) is 12.2. The second kappa shape index (κ2) is 5.34. The van der Waals surface area contributed by atoms with E-state index >= 15 is 0 Å². The fourth-order valence-corrected chi connectivity index (χ4v) is 1.54. The van der Waals surface area contributed by atoms with Crippen molar-refractivity contribution in [3.8, 4) is 0 Å². The maximum Gasteiger partial charge on any atom is 0.293 e. The minimum Gasteiger partial charge on any atom is -0.359 e. The zero-order valence-electron chi connectivity index (χ0n) is 9.96. The lowest BCUT2D eigenvalue weighted by Crippen LogP contribution is -2.39. The van der Waals surface area contributed by atoms with Crippen molar-refractivity contribution in [1.82, 2.24) is 9.55 Å². The number of nitrogens with one attached hydrogen (secondary N) is 1. The van der Waals surface area contributed by atoms with Crippen LogP contribution >= 0.6 is 11.6 Å². The number of aromatic nitrogens is 2. The van der Waals surface area contributed by atoms with E-state index in [1.165, 1.54) is 0 Å². The second-order valence-corrected chi connectivity index (χ2v) is 4.31. The number of alkyl halides is 1. The highest BCUT2D eigenvalue weighted by Crippen LogP contribution is 2.15. The number of nitrogens with zero attached hydrogens (tertiary/aromatic N) is 2. The van der Waals surface area contributed by atoms with Crippen LogP contribution in [-0.2, 0) is 6.54 Å². The first-order valence-electron chi connectivity index (χ1n) is 5.46. The average molecular weight is 244 g/mol. The van der Waals surface area contributed by atoms with Gasteiger partial charge in [0.2, 0.25) is 0 Å². The number of hydrogen-bond acceptors (Lipinski definition) is 3. The van der Waals surface area contributed by atoms with Gasteiger partial charge in [0, 0.05) is 30.4 Å². The summed E-state index contributed by atoms with van der Waals surface area (Å²) >= 11 is 5.89. The Morgan fingerprint density at radius 1 is 1.56 bits per heavy atom. The van der Waals surface area contributed by atoms with Gasteiger partial charge in [-0.3, -0.25) is 4.79 Å². The van der Waals surface area contributed by atoms with Crippen molar-refractivity contribution in [2.75, 3.05) is 11.2 Å². The molecule has 1 unspecified atom stereocenters. The Labute approximate surface area is 101 Å². The molecule has 1 N–H and O–H groups in total. The maximum atomic E-state index is 11.9. The van der Waals surface area contributed by atoms with Crippen LogP contribution < -0.4 is 10.9 Å². The molecule has 1 atom stereocenters. The van der Waals surface area contributed by atoms with Crippen LogP contribution in [0.1, 0.15) is 27.2 Å². The lowest BCUT2D eigenvalue weighted by Gasteiger charge is -2.27. The molecule has 0 bridgehead atoms. The molecule has 0 radical (unpaired) electrons. The van der Waals surface area contributed by atoms with Gasteiger partial charge in [-0.1, -0.05) is 6.92 Å². The summed E-state index contributed by atoms with van der Waals surface area (Å²) in [6.45, 7) is 6.56. The number of hydrogen-bond donors (Lipinski definition) is 1. The Morgan fingerprint density at radius 2 is 2.25 bits per heavy atom. The van der Waals surface area contributed by atoms with Crippen molar-refractivity contribution in [2.45, 2.75) is 39.3 Å². The van der Waals surface area contributed by atoms with E-state index in [4.69, 9.17) is 11.6 Å². The lowest BCUT2D eigenvalue weighted by molar-refractivity contribution is 0.548. The molecule has 0 aliphatic carbocycles. The lowest BCUT2D eigenvalue weighted by atomic mass is 10.0. The van der Waals surface area contributed by atoms with E-state index in [9.17, 15) is 4.79 Å². The molecular formula is C11H18ClN3O. The number of aryl methyl sites for hydroxylation is 1. The molecule has 1 aromatic heterocycles. The summed E-state index contributed by atoms with van der Waals surface area (Å²) in [6.07, 6.45) is 4.13. The Kier molecular flexibility index (Phi) is 4.35. The van der Waals surface area contributed by atoms with E-state index in [1.54, 1.807) is 17.0 Å². The minimum atomic E-state index is -0.291. The minimum absolute atomic E-state index is 0.102. The molecule has 1 rings (SSSR count). The predicted octanol–water partition coefficient (Wildman–Crippen LogP) is 2.08. The van der Waals surface area contributed by atoms with E-state index in [2.05, 4.69) is 10.3 Å². The largest absolute Gasteiger partial charge is 0.359 e. The van der Waals surface area contributed by atoms with Gasteiger partial charge in [-0.25, -0.2) is 4.98 Å². The molecule has 90 valence electrons. The van der Waals surface area contributed by atoms with Crippen molar-refractivity contribution >= 4 is 17.4 Å². The summed E-state index contributed by atoms with van der Waals surface area (Å²) in [5.74, 6) is 0.806. The number of anilines is 1. The van der Waals surface area contributed by atoms with Crippen molar-refractivity contribution in [3.05, 3.63) is 22.7 Å². The van der Waals surface area contributed by atoms with E-state index in [0.717, 1.165) is 6.42 Å². The topological polar surface area (TPSA) is 46.9 Å². The summed E-state index contributed by atoms with van der Waals surface area (Å²) in [6, 6.07) is 0. The first-order valence-corrected chi connectivity index (χ1v) is 5.99. The third-order valence-corrected chi connectivity index (χ3v) is 3.34. The van der Waals surface area contributed by atoms with Gasteiger partial charge in [-0.05, 0) is 20.3 Å². The zero-order valence-corrected chi connectivity index (χ0v) is 10.7. The average Bonchev–Trinajstić information content (AvgIpc) is 2.32. The summed E-state index contributed by atoms with van der Waals surface area (Å²) in [5, 5.41) is 3.12. The first-order chi connectivity index (χ1) is 7.56. The Morgan fingerprint density at radius 3 is 2.75 bits per heavy atom. The summed E-state index contributed by atoms with van der Waals surface area (Å²) in [4.78, 5) is 16.0. The third kappa shape index (κ3) is 2.76. The molecule has 1 heterocycles. The maximum absolute atomic E-state index is 11.9. The fraction of sp³-hybridized carbons (Fsp3) is 0.636. The van der Waals surface area contributed by atoms with Gasteiger partial charge < -0.3 is 9.88 Å². The molecule has 0 fully saturated rings. The molecule has 16 heavy (non-hydrogen) atoms. The molecule has 0 aromatic carbocycles. The van der Waals surface area contributed by atoms with E-state index in [-0.39, 0.29) is 11.1 Å².